The summed E-state index contributed by atoms with van der Waals surface area (Å²) >= 11 is 0. The van der Waals surface area contributed by atoms with E-state index in [0.717, 1.165) is 5.56 Å². The minimum absolute atomic E-state index is 0.200. The Morgan fingerprint density at radius 3 is 3.00 bits per heavy atom. The Morgan fingerprint density at radius 1 is 1.50 bits per heavy atom. The maximum atomic E-state index is 10.7. The van der Waals surface area contributed by atoms with E-state index < -0.39 is 5.97 Å². The Hall–Kier alpha value is -1.81. The van der Waals surface area contributed by atoms with Crippen LogP contribution in [-0.4, -0.2) is 11.1 Å². The van der Waals surface area contributed by atoms with Crippen molar-refractivity contribution in [1.29, 1.82) is 0 Å². The maximum Gasteiger partial charge on any atom is 0.335 e. The van der Waals surface area contributed by atoms with E-state index in [2.05, 4.69) is 5.48 Å². The summed E-state index contributed by atoms with van der Waals surface area (Å²) in [5.41, 5.74) is 3.69. The second-order valence-corrected chi connectivity index (χ2v) is 2.95. The van der Waals surface area contributed by atoms with Gasteiger partial charge in [-0.25, -0.2) is 4.79 Å². The van der Waals surface area contributed by atoms with E-state index in [1.54, 1.807) is 24.4 Å². The largest absolute Gasteiger partial charge is 0.478 e. The van der Waals surface area contributed by atoms with Crippen molar-refractivity contribution in [2.24, 2.45) is 0 Å². The molecule has 1 aliphatic rings. The van der Waals surface area contributed by atoms with Gasteiger partial charge in [-0.2, -0.15) is 0 Å². The average Bonchev–Trinajstić information content (AvgIpc) is 2.71. The molecule has 72 valence electrons. The lowest BCUT2D eigenvalue weighted by molar-refractivity contribution is 0.0469. The van der Waals surface area contributed by atoms with Crippen LogP contribution in [0.15, 0.2) is 36.5 Å². The summed E-state index contributed by atoms with van der Waals surface area (Å²) in [5, 5.41) is 8.78. The fraction of sp³-hybridized carbons (Fsp3) is 0.100. The van der Waals surface area contributed by atoms with Crippen LogP contribution < -0.4 is 5.48 Å². The smallest absolute Gasteiger partial charge is 0.335 e. The lowest BCUT2D eigenvalue weighted by Crippen LogP contribution is -2.05. The molecule has 1 atom stereocenters. The highest BCUT2D eigenvalue weighted by molar-refractivity contribution is 5.87. The predicted octanol–water partition coefficient (Wildman–Crippen LogP) is 1.47. The predicted molar refractivity (Wildman–Crippen MR) is 49.5 cm³/mol. The Morgan fingerprint density at radius 2 is 2.36 bits per heavy atom. The minimum Gasteiger partial charge on any atom is -0.478 e. The fourth-order valence-electron chi connectivity index (χ4n) is 1.31. The number of hydroxylamine groups is 1. The molecule has 0 spiro atoms. The fourth-order valence-corrected chi connectivity index (χ4v) is 1.31. The quantitative estimate of drug-likeness (QED) is 0.743. The van der Waals surface area contributed by atoms with Crippen LogP contribution >= 0.6 is 0 Å². The summed E-state index contributed by atoms with van der Waals surface area (Å²) in [7, 11) is 0. The van der Waals surface area contributed by atoms with E-state index in [0.29, 0.717) is 0 Å². The first-order chi connectivity index (χ1) is 6.77. The maximum absolute atomic E-state index is 10.7. The Bertz CT molecular complexity index is 387. The van der Waals surface area contributed by atoms with E-state index in [4.69, 9.17) is 9.94 Å². The Kier molecular flexibility index (Phi) is 2.20. The van der Waals surface area contributed by atoms with E-state index in [9.17, 15) is 4.79 Å². The molecule has 1 aromatic rings. The van der Waals surface area contributed by atoms with Gasteiger partial charge in [-0.1, -0.05) is 12.1 Å². The zero-order chi connectivity index (χ0) is 9.97. The Balaban J connectivity index is 2.30. The van der Waals surface area contributed by atoms with Gasteiger partial charge in [0.15, 0.2) is 0 Å². The van der Waals surface area contributed by atoms with E-state index in [1.807, 2.05) is 12.1 Å². The molecule has 1 aliphatic heterocycles. The lowest BCUT2D eigenvalue weighted by Gasteiger charge is -2.07. The monoisotopic (exact) mass is 191 g/mol. The van der Waals surface area contributed by atoms with Gasteiger partial charge in [0, 0.05) is 6.20 Å². The van der Waals surface area contributed by atoms with Crippen molar-refractivity contribution >= 4 is 5.97 Å². The topological polar surface area (TPSA) is 58.6 Å². The highest BCUT2D eigenvalue weighted by atomic mass is 16.7. The number of hydrogen-bond acceptors (Lipinski definition) is 3. The van der Waals surface area contributed by atoms with Gasteiger partial charge in [0.2, 0.25) is 0 Å². The van der Waals surface area contributed by atoms with Crippen molar-refractivity contribution in [1.82, 2.24) is 5.48 Å². The van der Waals surface area contributed by atoms with Crippen LogP contribution in [0.3, 0.4) is 0 Å². The Labute approximate surface area is 80.8 Å². The number of aromatic carboxylic acids is 1. The summed E-state index contributed by atoms with van der Waals surface area (Å²) in [6.45, 7) is 0. The lowest BCUT2D eigenvalue weighted by atomic mass is 10.1. The molecule has 1 unspecified atom stereocenters. The first-order valence-corrected chi connectivity index (χ1v) is 4.18. The van der Waals surface area contributed by atoms with Gasteiger partial charge < -0.3 is 5.11 Å². The number of rotatable bonds is 2. The molecule has 2 rings (SSSR count). The molecule has 0 bridgehead atoms. The SMILES string of the molecule is O=C(O)c1cccc(C2C=CNO2)c1. The molecule has 0 amide bonds. The molecule has 1 heterocycles. The first-order valence-electron chi connectivity index (χ1n) is 4.18. The van der Waals surface area contributed by atoms with Crippen molar-refractivity contribution in [3.05, 3.63) is 47.7 Å². The molecule has 2 N–H and O–H groups in total. The van der Waals surface area contributed by atoms with Crippen LogP contribution in [0, 0.1) is 0 Å². The van der Waals surface area contributed by atoms with E-state index >= 15 is 0 Å². The van der Waals surface area contributed by atoms with Gasteiger partial charge in [0.25, 0.3) is 0 Å². The number of carbonyl (C=O) groups is 1. The zero-order valence-corrected chi connectivity index (χ0v) is 7.31. The molecule has 0 fully saturated rings. The van der Waals surface area contributed by atoms with Crippen molar-refractivity contribution < 1.29 is 14.7 Å². The second-order valence-electron chi connectivity index (χ2n) is 2.95. The molecule has 4 heteroatoms. The molecule has 14 heavy (non-hydrogen) atoms. The van der Waals surface area contributed by atoms with Crippen molar-refractivity contribution in [2.45, 2.75) is 6.10 Å². The minimum atomic E-state index is -0.929. The molecule has 1 aromatic carbocycles. The van der Waals surface area contributed by atoms with Gasteiger partial charge in [-0.3, -0.25) is 10.3 Å². The normalized spacial score (nSPS) is 19.3. The van der Waals surface area contributed by atoms with Crippen molar-refractivity contribution in [2.75, 3.05) is 0 Å². The summed E-state index contributed by atoms with van der Waals surface area (Å²) in [4.78, 5) is 15.8. The van der Waals surface area contributed by atoms with Crippen LogP contribution in [0.4, 0.5) is 0 Å². The summed E-state index contributed by atoms with van der Waals surface area (Å²) < 4.78 is 0. The first kappa shape index (κ1) is 8.77. The van der Waals surface area contributed by atoms with Gasteiger partial charge in [0.05, 0.1) is 5.56 Å². The standard InChI is InChI=1S/C10H9NO3/c12-10(13)8-3-1-2-7(6-8)9-4-5-11-14-9/h1-6,9,11H,(H,12,13). The van der Waals surface area contributed by atoms with Crippen LogP contribution in [0.1, 0.15) is 22.0 Å². The van der Waals surface area contributed by atoms with Crippen LogP contribution in [0.5, 0.6) is 0 Å². The van der Waals surface area contributed by atoms with Crippen molar-refractivity contribution in [3.8, 4) is 0 Å². The highest BCUT2D eigenvalue weighted by Gasteiger charge is 2.14. The second kappa shape index (κ2) is 3.51. The van der Waals surface area contributed by atoms with E-state index in [-0.39, 0.29) is 11.7 Å². The molecule has 0 radical (unpaired) electrons. The molecular weight excluding hydrogens is 182 g/mol. The molecule has 0 saturated carbocycles. The number of benzene rings is 1. The van der Waals surface area contributed by atoms with Gasteiger partial charge in [0.1, 0.15) is 6.10 Å². The van der Waals surface area contributed by atoms with Crippen LogP contribution in [0.2, 0.25) is 0 Å². The molecule has 0 saturated heterocycles. The molecule has 0 aromatic heterocycles. The summed E-state index contributed by atoms with van der Waals surface area (Å²) in [5.74, 6) is -0.929. The van der Waals surface area contributed by atoms with Gasteiger partial charge in [-0.05, 0) is 23.8 Å². The summed E-state index contributed by atoms with van der Waals surface area (Å²) in [6, 6.07) is 6.69. The molecule has 0 aliphatic carbocycles. The third-order valence-electron chi connectivity index (χ3n) is 2.00. The van der Waals surface area contributed by atoms with Crippen LogP contribution in [0.25, 0.3) is 0 Å². The number of hydrogen-bond donors (Lipinski definition) is 2. The zero-order valence-electron chi connectivity index (χ0n) is 7.31. The average molecular weight is 191 g/mol. The van der Waals surface area contributed by atoms with Gasteiger partial charge in [-0.15, -0.1) is 0 Å². The number of carboxylic acids is 1. The van der Waals surface area contributed by atoms with Crippen LogP contribution in [-0.2, 0) is 4.84 Å². The van der Waals surface area contributed by atoms with Gasteiger partial charge >= 0.3 is 5.97 Å². The van der Waals surface area contributed by atoms with E-state index in [1.165, 1.54) is 0 Å². The number of carboxylic acid groups (broad SMARTS) is 1. The highest BCUT2D eigenvalue weighted by Crippen LogP contribution is 2.21. The molecule has 4 nitrogen and oxygen atoms in total. The third kappa shape index (κ3) is 1.60. The number of nitrogens with one attached hydrogen (secondary N) is 1. The summed E-state index contributed by atoms with van der Waals surface area (Å²) in [6.07, 6.45) is 3.30. The molecular formula is C10H9NO3. The third-order valence-corrected chi connectivity index (χ3v) is 2.00. The van der Waals surface area contributed by atoms with Crippen molar-refractivity contribution in [3.63, 3.8) is 0 Å².